The summed E-state index contributed by atoms with van der Waals surface area (Å²) < 4.78 is 4.98. The minimum absolute atomic E-state index is 0.474. The topological polar surface area (TPSA) is 74.1 Å². The highest BCUT2D eigenvalue weighted by Gasteiger charge is 2.11. The first-order chi connectivity index (χ1) is 7.83. The molecule has 0 fully saturated rings. The third-order valence-electron chi connectivity index (χ3n) is 2.12. The van der Waals surface area contributed by atoms with Crippen LogP contribution in [0.1, 0.15) is 37.9 Å². The third kappa shape index (κ3) is 3.09. The Labute approximate surface area is 95.1 Å². The zero-order valence-electron chi connectivity index (χ0n) is 9.66. The highest BCUT2D eigenvalue weighted by Crippen LogP contribution is 2.19. The van der Waals surface area contributed by atoms with E-state index in [0.717, 1.165) is 25.0 Å². The lowest BCUT2D eigenvalue weighted by Gasteiger charge is -1.94. The summed E-state index contributed by atoms with van der Waals surface area (Å²) in [5.74, 6) is 0.474. The highest BCUT2D eigenvalue weighted by atomic mass is 16.5. The Morgan fingerprint density at radius 2 is 2.38 bits per heavy atom. The molecule has 0 aliphatic carbocycles. The molecule has 0 atom stereocenters. The molecule has 0 aliphatic heterocycles. The van der Waals surface area contributed by atoms with Crippen molar-refractivity contribution in [2.45, 2.75) is 33.1 Å². The monoisotopic (exact) mass is 220 g/mol. The Morgan fingerprint density at radius 3 is 3.00 bits per heavy atom. The van der Waals surface area contributed by atoms with Gasteiger partial charge in [-0.1, -0.05) is 13.3 Å². The number of unbranched alkanes of at least 4 members (excludes halogenated alkanes) is 1. The Hall–Kier alpha value is -1.83. The Kier molecular flexibility index (Phi) is 5.06. The van der Waals surface area contributed by atoms with Crippen LogP contribution in [0, 0.1) is 11.3 Å². The van der Waals surface area contributed by atoms with Crippen LogP contribution in [0.3, 0.4) is 0 Å². The maximum atomic E-state index is 9.02. The van der Waals surface area contributed by atoms with Crippen LogP contribution in [-0.2, 0) is 11.2 Å². The second-order valence-corrected chi connectivity index (χ2v) is 3.30. The minimum atomic E-state index is 0.474. The van der Waals surface area contributed by atoms with E-state index in [9.17, 15) is 0 Å². The molecule has 0 saturated heterocycles. The Bertz CT molecular complexity index is 389. The molecule has 0 amide bonds. The molecule has 16 heavy (non-hydrogen) atoms. The van der Waals surface area contributed by atoms with E-state index in [4.69, 9.17) is 10.00 Å². The summed E-state index contributed by atoms with van der Waals surface area (Å²) in [5, 5.41) is 15.8. The first kappa shape index (κ1) is 12.2. The molecule has 0 saturated carbocycles. The SMILES string of the molecule is CCCCc1n[nH]c(N=COCC)c1C#N. The second kappa shape index (κ2) is 6.62. The van der Waals surface area contributed by atoms with Gasteiger partial charge in [-0.05, 0) is 19.8 Å². The smallest absolute Gasteiger partial charge is 0.176 e. The van der Waals surface area contributed by atoms with Crippen LogP contribution in [0.2, 0.25) is 0 Å². The molecule has 1 aromatic rings. The summed E-state index contributed by atoms with van der Waals surface area (Å²) in [6.07, 6.45) is 4.24. The third-order valence-corrected chi connectivity index (χ3v) is 2.12. The van der Waals surface area contributed by atoms with E-state index in [1.165, 1.54) is 6.40 Å². The number of aryl methyl sites for hydroxylation is 1. The fourth-order valence-electron chi connectivity index (χ4n) is 1.27. The Balaban J connectivity index is 2.78. The molecule has 5 nitrogen and oxygen atoms in total. The first-order valence-electron chi connectivity index (χ1n) is 5.44. The number of aromatic nitrogens is 2. The average Bonchev–Trinajstić information content (AvgIpc) is 2.69. The van der Waals surface area contributed by atoms with E-state index in [1.807, 2.05) is 6.92 Å². The van der Waals surface area contributed by atoms with Crippen LogP contribution in [0.25, 0.3) is 0 Å². The van der Waals surface area contributed by atoms with Crippen molar-refractivity contribution in [3.63, 3.8) is 0 Å². The van der Waals surface area contributed by atoms with Gasteiger partial charge in [-0.2, -0.15) is 10.4 Å². The van der Waals surface area contributed by atoms with E-state index in [0.29, 0.717) is 18.0 Å². The number of rotatable bonds is 6. The quantitative estimate of drug-likeness (QED) is 0.590. The van der Waals surface area contributed by atoms with E-state index < -0.39 is 0 Å². The predicted octanol–water partition coefficient (Wildman–Crippen LogP) is 2.32. The molecule has 0 aromatic carbocycles. The molecule has 0 aliphatic rings. The molecule has 86 valence electrons. The van der Waals surface area contributed by atoms with Crippen molar-refractivity contribution >= 4 is 12.2 Å². The predicted molar refractivity (Wildman–Crippen MR) is 61.7 cm³/mol. The summed E-state index contributed by atoms with van der Waals surface area (Å²) >= 11 is 0. The van der Waals surface area contributed by atoms with Gasteiger partial charge in [0.15, 0.2) is 12.2 Å². The van der Waals surface area contributed by atoms with Crippen LogP contribution >= 0.6 is 0 Å². The van der Waals surface area contributed by atoms with Crippen molar-refractivity contribution in [2.24, 2.45) is 4.99 Å². The number of aliphatic imine (C=N–C) groups is 1. The van der Waals surface area contributed by atoms with Gasteiger partial charge >= 0.3 is 0 Å². The molecule has 1 aromatic heterocycles. The highest BCUT2D eigenvalue weighted by molar-refractivity contribution is 5.59. The van der Waals surface area contributed by atoms with Gasteiger partial charge in [0.25, 0.3) is 0 Å². The van der Waals surface area contributed by atoms with Crippen LogP contribution in [0.15, 0.2) is 4.99 Å². The molecule has 1 heterocycles. The van der Waals surface area contributed by atoms with Crippen LogP contribution in [-0.4, -0.2) is 23.2 Å². The summed E-state index contributed by atoms with van der Waals surface area (Å²) in [7, 11) is 0. The van der Waals surface area contributed by atoms with E-state index in [-0.39, 0.29) is 0 Å². The normalized spacial score (nSPS) is 10.6. The standard InChI is InChI=1S/C11H16N4O/c1-3-5-6-10-9(7-12)11(15-14-10)13-8-16-4-2/h8H,3-6H2,1-2H3,(H,14,15). The van der Waals surface area contributed by atoms with Gasteiger partial charge in [-0.25, -0.2) is 4.99 Å². The van der Waals surface area contributed by atoms with Gasteiger partial charge in [0, 0.05) is 0 Å². The number of aromatic amines is 1. The zero-order valence-corrected chi connectivity index (χ0v) is 9.66. The summed E-state index contributed by atoms with van der Waals surface area (Å²) in [6.45, 7) is 4.53. The summed E-state index contributed by atoms with van der Waals surface area (Å²) in [4.78, 5) is 4.01. The number of nitrogens with zero attached hydrogens (tertiary/aromatic N) is 3. The molecular formula is C11H16N4O. The van der Waals surface area contributed by atoms with Crippen LogP contribution in [0.4, 0.5) is 5.82 Å². The fraction of sp³-hybridized carbons (Fsp3) is 0.545. The molecule has 0 spiro atoms. The van der Waals surface area contributed by atoms with Gasteiger partial charge in [0.2, 0.25) is 0 Å². The van der Waals surface area contributed by atoms with Crippen LogP contribution in [0.5, 0.6) is 0 Å². The number of hydrogen-bond donors (Lipinski definition) is 1. The minimum Gasteiger partial charge on any atom is -0.483 e. The van der Waals surface area contributed by atoms with Crippen molar-refractivity contribution in [1.82, 2.24) is 10.2 Å². The molecular weight excluding hydrogens is 204 g/mol. The lowest BCUT2D eigenvalue weighted by atomic mass is 10.1. The van der Waals surface area contributed by atoms with Gasteiger partial charge in [0.05, 0.1) is 12.3 Å². The number of ether oxygens (including phenoxy) is 1. The van der Waals surface area contributed by atoms with Gasteiger partial charge < -0.3 is 4.74 Å². The van der Waals surface area contributed by atoms with Crippen molar-refractivity contribution in [1.29, 1.82) is 5.26 Å². The zero-order chi connectivity index (χ0) is 11.8. The maximum Gasteiger partial charge on any atom is 0.176 e. The van der Waals surface area contributed by atoms with Crippen molar-refractivity contribution in [3.05, 3.63) is 11.3 Å². The molecule has 0 bridgehead atoms. The molecule has 1 rings (SSSR count). The summed E-state index contributed by atoms with van der Waals surface area (Å²) in [6, 6.07) is 2.12. The Morgan fingerprint density at radius 1 is 1.56 bits per heavy atom. The van der Waals surface area contributed by atoms with E-state index in [2.05, 4.69) is 28.2 Å². The van der Waals surface area contributed by atoms with E-state index >= 15 is 0 Å². The largest absolute Gasteiger partial charge is 0.483 e. The molecule has 0 radical (unpaired) electrons. The molecule has 5 heteroatoms. The van der Waals surface area contributed by atoms with Crippen molar-refractivity contribution < 1.29 is 4.74 Å². The van der Waals surface area contributed by atoms with Gasteiger partial charge in [0.1, 0.15) is 11.6 Å². The number of hydrogen-bond acceptors (Lipinski definition) is 4. The van der Waals surface area contributed by atoms with Crippen molar-refractivity contribution in [2.75, 3.05) is 6.61 Å². The summed E-state index contributed by atoms with van der Waals surface area (Å²) in [5.41, 5.74) is 1.30. The lowest BCUT2D eigenvalue weighted by Crippen LogP contribution is -1.88. The number of nitrogens with one attached hydrogen (secondary N) is 1. The van der Waals surface area contributed by atoms with Gasteiger partial charge in [-0.15, -0.1) is 0 Å². The average molecular weight is 220 g/mol. The number of H-pyrrole nitrogens is 1. The lowest BCUT2D eigenvalue weighted by molar-refractivity contribution is 0.344. The second-order valence-electron chi connectivity index (χ2n) is 3.30. The molecule has 0 unspecified atom stereocenters. The van der Waals surface area contributed by atoms with Crippen LogP contribution < -0.4 is 0 Å². The van der Waals surface area contributed by atoms with Crippen molar-refractivity contribution in [3.8, 4) is 6.07 Å². The first-order valence-corrected chi connectivity index (χ1v) is 5.44. The van der Waals surface area contributed by atoms with E-state index in [1.54, 1.807) is 0 Å². The molecule has 1 N–H and O–H groups in total. The van der Waals surface area contributed by atoms with Gasteiger partial charge in [-0.3, -0.25) is 5.10 Å². The maximum absolute atomic E-state index is 9.02. The fourth-order valence-corrected chi connectivity index (χ4v) is 1.27. The number of nitriles is 1.